The van der Waals surface area contributed by atoms with E-state index < -0.39 is 29.4 Å². The van der Waals surface area contributed by atoms with Gasteiger partial charge in [0.25, 0.3) is 5.91 Å². The third-order valence-corrected chi connectivity index (χ3v) is 5.99. The minimum Gasteiger partial charge on any atom is -0.368 e. The number of hydrogen-bond donors (Lipinski definition) is 1. The average molecular weight is 474 g/mol. The van der Waals surface area contributed by atoms with E-state index in [9.17, 15) is 14.9 Å². The Bertz CT molecular complexity index is 1110. The number of fused-ring (bicyclic) bond motifs is 1. The Kier molecular flexibility index (Phi) is 6.57. The van der Waals surface area contributed by atoms with Gasteiger partial charge in [0, 0.05) is 33.4 Å². The molecule has 6 nitrogen and oxygen atoms in total. The summed E-state index contributed by atoms with van der Waals surface area (Å²) in [6, 6.07) is 14.1. The van der Waals surface area contributed by atoms with Crippen molar-refractivity contribution in [2.24, 2.45) is 16.6 Å². The van der Waals surface area contributed by atoms with Crippen molar-refractivity contribution in [3.05, 3.63) is 63.6 Å². The summed E-state index contributed by atoms with van der Waals surface area (Å²) < 4.78 is 6.28. The Morgan fingerprint density at radius 1 is 1.16 bits per heavy atom. The van der Waals surface area contributed by atoms with E-state index in [0.717, 1.165) is 0 Å². The Morgan fingerprint density at radius 2 is 1.81 bits per heavy atom. The predicted octanol–water partition coefficient (Wildman–Crippen LogP) is 4.88. The molecular weight excluding hydrogens is 449 g/mol. The first-order valence-corrected chi connectivity index (χ1v) is 10.9. The monoisotopic (exact) mass is 473 g/mol. The van der Waals surface area contributed by atoms with Crippen LogP contribution in [0.1, 0.15) is 44.9 Å². The van der Waals surface area contributed by atoms with Crippen LogP contribution in [-0.4, -0.2) is 24.5 Å². The second kappa shape index (κ2) is 8.74. The van der Waals surface area contributed by atoms with Crippen molar-refractivity contribution in [3.63, 3.8) is 0 Å². The predicted molar refractivity (Wildman–Crippen MR) is 124 cm³/mol. The van der Waals surface area contributed by atoms with Crippen molar-refractivity contribution in [2.45, 2.75) is 39.9 Å². The Morgan fingerprint density at radius 3 is 2.38 bits per heavy atom. The summed E-state index contributed by atoms with van der Waals surface area (Å²) in [5, 5.41) is 10.7. The van der Waals surface area contributed by atoms with Crippen LogP contribution in [0.15, 0.2) is 42.5 Å². The molecule has 2 aromatic carbocycles. The van der Waals surface area contributed by atoms with Gasteiger partial charge in [-0.15, -0.1) is 0 Å². The Hall–Kier alpha value is -2.59. The Labute approximate surface area is 197 Å². The highest BCUT2D eigenvalue weighted by Gasteiger charge is 2.51. The number of carbonyl (C=O) groups is 2. The number of hydrogen-bond acceptors (Lipinski definition) is 4. The maximum absolute atomic E-state index is 13.8. The first-order valence-electron chi connectivity index (χ1n) is 10.1. The van der Waals surface area contributed by atoms with Gasteiger partial charge < -0.3 is 15.4 Å². The molecule has 0 saturated carbocycles. The topological polar surface area (TPSA) is 96.4 Å². The van der Waals surface area contributed by atoms with Crippen molar-refractivity contribution in [1.82, 2.24) is 0 Å². The molecule has 0 aromatic heterocycles. The highest BCUT2D eigenvalue weighted by Crippen LogP contribution is 2.44. The number of nitrogens with zero attached hydrogens (tertiary/aromatic N) is 2. The maximum Gasteiger partial charge on any atom is 0.258 e. The lowest BCUT2D eigenvalue weighted by atomic mass is 9.83. The van der Waals surface area contributed by atoms with Crippen molar-refractivity contribution in [2.75, 3.05) is 11.4 Å². The number of rotatable bonds is 4. The zero-order valence-electron chi connectivity index (χ0n) is 18.4. The normalized spacial score (nSPS) is 20.7. The van der Waals surface area contributed by atoms with Gasteiger partial charge in [0.15, 0.2) is 11.5 Å². The van der Waals surface area contributed by atoms with Gasteiger partial charge in [-0.2, -0.15) is 5.26 Å². The number of anilines is 1. The van der Waals surface area contributed by atoms with Gasteiger partial charge in [-0.25, -0.2) is 0 Å². The van der Waals surface area contributed by atoms with Crippen LogP contribution >= 0.6 is 23.2 Å². The lowest BCUT2D eigenvalue weighted by molar-refractivity contribution is -0.148. The molecule has 2 amide bonds. The van der Waals surface area contributed by atoms with E-state index in [1.807, 2.05) is 26.8 Å². The zero-order chi connectivity index (χ0) is 23.8. The molecule has 0 radical (unpaired) electrons. The number of benzene rings is 2. The average Bonchev–Trinajstić information content (AvgIpc) is 2.82. The quantitative estimate of drug-likeness (QED) is 0.684. The number of ether oxygens (including phenoxy) is 1. The second-order valence-corrected chi connectivity index (χ2v) is 10.1. The molecule has 3 atom stereocenters. The van der Waals surface area contributed by atoms with Crippen LogP contribution in [0.2, 0.25) is 10.0 Å². The van der Waals surface area contributed by atoms with E-state index in [1.165, 1.54) is 6.92 Å². The molecule has 0 saturated heterocycles. The molecule has 8 heteroatoms. The standard InChI is InChI=1S/C24H25Cl2N3O3/c1-23(2,3)13-29-18-10-9-14(25)11-16(18)19(15-7-5-6-8-17(15)26)32-20(21(29)30)24(4,12-27)22(28)31/h5-11,19-20H,13H2,1-4H3,(H2,28,31)/t19-,20+,24?/m0/s1. The summed E-state index contributed by atoms with van der Waals surface area (Å²) in [7, 11) is 0. The number of amides is 2. The van der Waals surface area contributed by atoms with Gasteiger partial charge >= 0.3 is 0 Å². The number of primary amides is 1. The third kappa shape index (κ3) is 4.47. The molecule has 2 N–H and O–H groups in total. The van der Waals surface area contributed by atoms with E-state index in [2.05, 4.69) is 0 Å². The fraction of sp³-hybridized carbons (Fsp3) is 0.375. The molecule has 3 rings (SSSR count). The fourth-order valence-corrected chi connectivity index (χ4v) is 4.12. The van der Waals surface area contributed by atoms with Crippen molar-refractivity contribution in [3.8, 4) is 6.07 Å². The summed E-state index contributed by atoms with van der Waals surface area (Å²) in [4.78, 5) is 27.7. The Balaban J connectivity index is 2.33. The number of carbonyl (C=O) groups excluding carboxylic acids is 2. The van der Waals surface area contributed by atoms with Gasteiger partial charge in [0.1, 0.15) is 6.10 Å². The van der Waals surface area contributed by atoms with Crippen LogP contribution in [-0.2, 0) is 14.3 Å². The van der Waals surface area contributed by atoms with Crippen molar-refractivity contribution in [1.29, 1.82) is 5.26 Å². The fourth-order valence-electron chi connectivity index (χ4n) is 3.70. The molecule has 1 aliphatic rings. The van der Waals surface area contributed by atoms with Crippen LogP contribution in [0.5, 0.6) is 0 Å². The molecule has 0 aliphatic carbocycles. The molecule has 0 bridgehead atoms. The summed E-state index contributed by atoms with van der Waals surface area (Å²) >= 11 is 12.8. The highest BCUT2D eigenvalue weighted by molar-refractivity contribution is 6.31. The summed E-state index contributed by atoms with van der Waals surface area (Å²) in [5.74, 6) is -1.48. The summed E-state index contributed by atoms with van der Waals surface area (Å²) in [5.41, 5.74) is 5.15. The molecule has 1 unspecified atom stereocenters. The number of halogens is 2. The lowest BCUT2D eigenvalue weighted by Crippen LogP contribution is -2.54. The highest BCUT2D eigenvalue weighted by atomic mass is 35.5. The van der Waals surface area contributed by atoms with Crippen LogP contribution in [0.4, 0.5) is 5.69 Å². The smallest absolute Gasteiger partial charge is 0.258 e. The number of nitrogens with two attached hydrogens (primary N) is 1. The molecule has 1 heterocycles. The van der Waals surface area contributed by atoms with Gasteiger partial charge in [-0.3, -0.25) is 9.59 Å². The zero-order valence-corrected chi connectivity index (χ0v) is 19.9. The van der Waals surface area contributed by atoms with Gasteiger partial charge in [-0.1, -0.05) is 62.2 Å². The van der Waals surface area contributed by atoms with E-state index in [1.54, 1.807) is 47.4 Å². The largest absolute Gasteiger partial charge is 0.368 e. The molecule has 2 aromatic rings. The lowest BCUT2D eigenvalue weighted by Gasteiger charge is -2.34. The van der Waals surface area contributed by atoms with Gasteiger partial charge in [-0.05, 0) is 36.6 Å². The maximum atomic E-state index is 13.8. The summed E-state index contributed by atoms with van der Waals surface area (Å²) in [6.45, 7) is 7.59. The van der Waals surface area contributed by atoms with E-state index in [-0.39, 0.29) is 5.41 Å². The molecule has 0 spiro atoms. The molecule has 32 heavy (non-hydrogen) atoms. The molecule has 0 fully saturated rings. The number of nitriles is 1. The minimum atomic E-state index is -1.90. The van der Waals surface area contributed by atoms with Crippen LogP contribution in [0.3, 0.4) is 0 Å². The van der Waals surface area contributed by atoms with Crippen molar-refractivity contribution >= 4 is 40.7 Å². The molecular formula is C24H25Cl2N3O3. The van der Waals surface area contributed by atoms with Crippen LogP contribution in [0, 0.1) is 22.2 Å². The molecule has 1 aliphatic heterocycles. The minimum absolute atomic E-state index is 0.295. The van der Waals surface area contributed by atoms with E-state index in [0.29, 0.717) is 33.4 Å². The van der Waals surface area contributed by atoms with Gasteiger partial charge in [0.2, 0.25) is 5.91 Å². The van der Waals surface area contributed by atoms with Crippen LogP contribution < -0.4 is 10.6 Å². The first-order chi connectivity index (χ1) is 14.9. The van der Waals surface area contributed by atoms with Gasteiger partial charge in [0.05, 0.1) is 6.07 Å². The first kappa shape index (κ1) is 24.1. The van der Waals surface area contributed by atoms with E-state index >= 15 is 0 Å². The second-order valence-electron chi connectivity index (χ2n) is 9.28. The van der Waals surface area contributed by atoms with E-state index in [4.69, 9.17) is 33.7 Å². The third-order valence-electron chi connectivity index (χ3n) is 5.41. The SMILES string of the molecule is CC(C)(C)CN1C(=O)[C@H](C(C)(C#N)C(N)=O)O[C@@H](c2ccccc2Cl)c2cc(Cl)ccc21. The molecule has 168 valence electrons. The van der Waals surface area contributed by atoms with Crippen molar-refractivity contribution < 1.29 is 14.3 Å². The van der Waals surface area contributed by atoms with Crippen LogP contribution in [0.25, 0.3) is 0 Å². The summed E-state index contributed by atoms with van der Waals surface area (Å²) in [6.07, 6.45) is -2.32.